The van der Waals surface area contributed by atoms with E-state index in [-0.39, 0.29) is 5.91 Å². The van der Waals surface area contributed by atoms with Gasteiger partial charge in [0.1, 0.15) is 12.1 Å². The second kappa shape index (κ2) is 9.46. The van der Waals surface area contributed by atoms with Crippen molar-refractivity contribution in [3.63, 3.8) is 0 Å². The van der Waals surface area contributed by atoms with Crippen molar-refractivity contribution >= 4 is 22.9 Å². The van der Waals surface area contributed by atoms with E-state index in [9.17, 15) is 4.79 Å². The maximum Gasteiger partial charge on any atom is 0.227 e. The third-order valence-corrected chi connectivity index (χ3v) is 5.98. The molecule has 1 aliphatic rings. The highest BCUT2D eigenvalue weighted by atomic mass is 16.5. The largest absolute Gasteiger partial charge is 0.494 e. The van der Waals surface area contributed by atoms with Crippen LogP contribution in [0.25, 0.3) is 16.9 Å². The fourth-order valence-corrected chi connectivity index (χ4v) is 4.27. The van der Waals surface area contributed by atoms with Crippen LogP contribution in [0.5, 0.6) is 5.75 Å². The minimum Gasteiger partial charge on any atom is -0.494 e. The van der Waals surface area contributed by atoms with E-state index in [0.717, 1.165) is 22.8 Å². The number of fused-ring (bicyclic) bond motifs is 1. The maximum atomic E-state index is 12.8. The van der Waals surface area contributed by atoms with Crippen LogP contribution in [0, 0.1) is 6.92 Å². The lowest BCUT2D eigenvalue weighted by molar-refractivity contribution is -0.130. The monoisotopic (exact) mass is 457 g/mol. The Morgan fingerprint density at radius 3 is 2.56 bits per heavy atom. The molecule has 1 saturated heterocycles. The molecular formula is C25H27N7O2. The van der Waals surface area contributed by atoms with Crippen LogP contribution < -0.4 is 9.64 Å². The quantitative estimate of drug-likeness (QED) is 0.440. The summed E-state index contributed by atoms with van der Waals surface area (Å²) in [6.45, 7) is 7.26. The van der Waals surface area contributed by atoms with Gasteiger partial charge in [-0.1, -0.05) is 35.0 Å². The number of anilines is 1. The molecule has 9 heteroatoms. The maximum absolute atomic E-state index is 12.8. The third-order valence-electron chi connectivity index (χ3n) is 5.98. The minimum absolute atomic E-state index is 0.152. The van der Waals surface area contributed by atoms with E-state index in [1.165, 1.54) is 5.56 Å². The van der Waals surface area contributed by atoms with Crippen LogP contribution >= 0.6 is 0 Å². The van der Waals surface area contributed by atoms with Gasteiger partial charge in [-0.25, -0.2) is 9.97 Å². The molecule has 0 unspecified atom stereocenters. The predicted molar refractivity (Wildman–Crippen MR) is 129 cm³/mol. The Bertz CT molecular complexity index is 1290. The molecule has 2 aromatic carbocycles. The van der Waals surface area contributed by atoms with Gasteiger partial charge in [-0.2, -0.15) is 4.68 Å². The summed E-state index contributed by atoms with van der Waals surface area (Å²) in [5.74, 6) is 1.70. The molecule has 1 amide bonds. The molecule has 0 saturated carbocycles. The van der Waals surface area contributed by atoms with E-state index in [1.807, 2.05) is 61.2 Å². The summed E-state index contributed by atoms with van der Waals surface area (Å²) >= 11 is 0. The average Bonchev–Trinajstić information content (AvgIpc) is 3.29. The molecule has 0 bridgehead atoms. The first-order valence-electron chi connectivity index (χ1n) is 11.5. The molecule has 0 aliphatic carbocycles. The highest BCUT2D eigenvalue weighted by Gasteiger charge is 2.25. The van der Waals surface area contributed by atoms with E-state index in [4.69, 9.17) is 4.74 Å². The molecule has 0 spiro atoms. The standard InChI is InChI=1S/C25H27N7O2/c1-3-34-21-9-7-20(8-10-21)32-25-23(28-29-32)24(26-17-27-25)31-13-11-30(12-14-31)22(33)16-19-6-4-5-18(2)15-19/h4-10,15,17H,3,11-14,16H2,1-2H3. The van der Waals surface area contributed by atoms with E-state index in [1.54, 1.807) is 11.0 Å². The third kappa shape index (κ3) is 4.41. The molecule has 5 rings (SSSR count). The number of aryl methyl sites for hydroxylation is 1. The number of benzene rings is 2. The van der Waals surface area contributed by atoms with Crippen LogP contribution in [0.2, 0.25) is 0 Å². The molecule has 0 N–H and O–H groups in total. The van der Waals surface area contributed by atoms with Crippen molar-refractivity contribution < 1.29 is 9.53 Å². The zero-order valence-electron chi connectivity index (χ0n) is 19.4. The summed E-state index contributed by atoms with van der Waals surface area (Å²) in [4.78, 5) is 25.8. The Morgan fingerprint density at radius 2 is 1.82 bits per heavy atom. The Balaban J connectivity index is 1.29. The highest BCUT2D eigenvalue weighted by molar-refractivity contribution is 5.84. The summed E-state index contributed by atoms with van der Waals surface area (Å²) in [5, 5.41) is 8.71. The summed E-state index contributed by atoms with van der Waals surface area (Å²) in [5.41, 5.74) is 4.36. The van der Waals surface area contributed by atoms with Gasteiger partial charge in [-0.3, -0.25) is 4.79 Å². The number of carbonyl (C=O) groups excluding carboxylic acids is 1. The van der Waals surface area contributed by atoms with Gasteiger partial charge in [0.25, 0.3) is 0 Å². The lowest BCUT2D eigenvalue weighted by Crippen LogP contribution is -2.49. The number of nitrogens with zero attached hydrogens (tertiary/aromatic N) is 7. The average molecular weight is 458 g/mol. The number of hydrogen-bond acceptors (Lipinski definition) is 7. The summed E-state index contributed by atoms with van der Waals surface area (Å²) in [7, 11) is 0. The highest BCUT2D eigenvalue weighted by Crippen LogP contribution is 2.24. The SMILES string of the molecule is CCOc1ccc(-n2nnc3c(N4CCN(C(=O)Cc5cccc(C)c5)CC4)ncnc32)cc1. The molecule has 9 nitrogen and oxygen atoms in total. The number of aromatic nitrogens is 5. The van der Waals surface area contributed by atoms with E-state index in [2.05, 4.69) is 31.2 Å². The Morgan fingerprint density at radius 1 is 1.03 bits per heavy atom. The van der Waals surface area contributed by atoms with E-state index >= 15 is 0 Å². The lowest BCUT2D eigenvalue weighted by Gasteiger charge is -2.35. The molecule has 34 heavy (non-hydrogen) atoms. The normalized spacial score (nSPS) is 13.9. The van der Waals surface area contributed by atoms with Crippen LogP contribution in [0.1, 0.15) is 18.1 Å². The van der Waals surface area contributed by atoms with Crippen molar-refractivity contribution in [2.24, 2.45) is 0 Å². The number of amides is 1. The van der Waals surface area contributed by atoms with Gasteiger partial charge < -0.3 is 14.5 Å². The van der Waals surface area contributed by atoms with Gasteiger partial charge in [-0.05, 0) is 43.7 Å². The molecule has 3 heterocycles. The van der Waals surface area contributed by atoms with Crippen molar-refractivity contribution in [2.45, 2.75) is 20.3 Å². The molecular weight excluding hydrogens is 430 g/mol. The zero-order chi connectivity index (χ0) is 23.5. The first kappa shape index (κ1) is 21.8. The molecule has 174 valence electrons. The van der Waals surface area contributed by atoms with Crippen LogP contribution in [-0.2, 0) is 11.2 Å². The molecule has 4 aromatic rings. The summed E-state index contributed by atoms with van der Waals surface area (Å²) < 4.78 is 7.23. The topological polar surface area (TPSA) is 89.3 Å². The fraction of sp³-hybridized carbons (Fsp3) is 0.320. The second-order valence-corrected chi connectivity index (χ2v) is 8.33. The summed E-state index contributed by atoms with van der Waals surface area (Å²) in [6.07, 6.45) is 1.97. The van der Waals surface area contributed by atoms with Gasteiger partial charge in [0.15, 0.2) is 17.0 Å². The van der Waals surface area contributed by atoms with Crippen LogP contribution in [0.3, 0.4) is 0 Å². The molecule has 2 aromatic heterocycles. The molecule has 0 atom stereocenters. The van der Waals surface area contributed by atoms with Crippen molar-refractivity contribution in [1.82, 2.24) is 29.9 Å². The van der Waals surface area contributed by atoms with Crippen molar-refractivity contribution in [2.75, 3.05) is 37.7 Å². The minimum atomic E-state index is 0.152. The Hall–Kier alpha value is -4.01. The van der Waals surface area contributed by atoms with Gasteiger partial charge >= 0.3 is 0 Å². The van der Waals surface area contributed by atoms with Crippen LogP contribution in [-0.4, -0.2) is 68.6 Å². The van der Waals surface area contributed by atoms with Crippen molar-refractivity contribution in [3.05, 3.63) is 66.0 Å². The number of rotatable bonds is 6. The van der Waals surface area contributed by atoms with Crippen molar-refractivity contribution in [3.8, 4) is 11.4 Å². The Kier molecular flexibility index (Phi) is 6.07. The van der Waals surface area contributed by atoms with E-state index in [0.29, 0.717) is 50.4 Å². The molecule has 1 aliphatic heterocycles. The van der Waals surface area contributed by atoms with Gasteiger partial charge in [0.2, 0.25) is 5.91 Å². The predicted octanol–water partition coefficient (Wildman–Crippen LogP) is 2.81. The lowest BCUT2D eigenvalue weighted by atomic mass is 10.1. The van der Waals surface area contributed by atoms with Crippen molar-refractivity contribution in [1.29, 1.82) is 0 Å². The smallest absolute Gasteiger partial charge is 0.227 e. The molecule has 0 radical (unpaired) electrons. The summed E-state index contributed by atoms with van der Waals surface area (Å²) in [6, 6.07) is 15.8. The fourth-order valence-electron chi connectivity index (χ4n) is 4.27. The number of ether oxygens (including phenoxy) is 1. The van der Waals surface area contributed by atoms with Gasteiger partial charge in [0, 0.05) is 26.2 Å². The van der Waals surface area contributed by atoms with Crippen LogP contribution in [0.4, 0.5) is 5.82 Å². The van der Waals surface area contributed by atoms with Crippen LogP contribution in [0.15, 0.2) is 54.9 Å². The van der Waals surface area contributed by atoms with Gasteiger partial charge in [-0.15, -0.1) is 5.10 Å². The first-order chi connectivity index (χ1) is 16.6. The Labute approximate surface area is 198 Å². The second-order valence-electron chi connectivity index (χ2n) is 8.33. The molecule has 1 fully saturated rings. The van der Waals surface area contributed by atoms with Gasteiger partial charge in [0.05, 0.1) is 18.7 Å². The zero-order valence-corrected chi connectivity index (χ0v) is 19.4. The number of carbonyl (C=O) groups is 1. The number of hydrogen-bond donors (Lipinski definition) is 0. The first-order valence-corrected chi connectivity index (χ1v) is 11.5. The number of piperazine rings is 1. The van der Waals surface area contributed by atoms with E-state index < -0.39 is 0 Å².